The maximum Gasteiger partial charge on any atom is 0.225 e. The van der Waals surface area contributed by atoms with Crippen LogP contribution in [-0.4, -0.2) is 29.9 Å². The molecule has 1 N–H and O–H groups in total. The fourth-order valence-electron chi connectivity index (χ4n) is 2.55. The molecule has 3 nitrogen and oxygen atoms in total. The molecule has 0 bridgehead atoms. The number of nitrogens with zero attached hydrogens (tertiary/aromatic N) is 1. The summed E-state index contributed by atoms with van der Waals surface area (Å²) in [6.07, 6.45) is 4.20. The number of carbonyl (C=O) groups excluding carboxylic acids is 1. The van der Waals surface area contributed by atoms with Gasteiger partial charge >= 0.3 is 0 Å². The van der Waals surface area contributed by atoms with Crippen molar-refractivity contribution in [2.75, 3.05) is 18.4 Å². The number of hydrogen-bond acceptors (Lipinski definition) is 2. The number of amides is 1. The summed E-state index contributed by atoms with van der Waals surface area (Å²) in [5.74, 6) is -0.0437. The minimum absolute atomic E-state index is 0.0437. The molecule has 0 aliphatic carbocycles. The van der Waals surface area contributed by atoms with Gasteiger partial charge in [0, 0.05) is 19.0 Å². The molecule has 110 valence electrons. The minimum Gasteiger partial charge on any atom is -0.324 e. The number of nitrogens with one attached hydrogen (secondary N) is 1. The Morgan fingerprint density at radius 1 is 1.35 bits per heavy atom. The Morgan fingerprint density at radius 3 is 2.70 bits per heavy atom. The fraction of sp³-hybridized carbons (Fsp3) is 0.533. The lowest BCUT2D eigenvalue weighted by molar-refractivity contribution is -0.116. The molecule has 0 saturated carbocycles. The average molecular weight is 315 g/mol. The standard InChI is InChI=1S/C15H20Cl2N2O/c1-11-5-2-3-9-19(11)10-8-14(20)18-15-12(16)6-4-7-13(15)17/h4,6-7,11H,2-3,5,8-10H2,1H3,(H,18,20). The van der Waals surface area contributed by atoms with Gasteiger partial charge in [0.05, 0.1) is 15.7 Å². The molecule has 0 radical (unpaired) electrons. The lowest BCUT2D eigenvalue weighted by atomic mass is 10.0. The number of likely N-dealkylation sites (tertiary alicyclic amines) is 1. The molecule has 1 aliphatic heterocycles. The number of anilines is 1. The monoisotopic (exact) mass is 314 g/mol. The van der Waals surface area contributed by atoms with Gasteiger partial charge in [0.15, 0.2) is 0 Å². The van der Waals surface area contributed by atoms with Gasteiger partial charge in [-0.25, -0.2) is 0 Å². The normalized spacial score (nSPS) is 19.9. The first-order valence-corrected chi connectivity index (χ1v) is 7.81. The van der Waals surface area contributed by atoms with Crippen LogP contribution in [0.4, 0.5) is 5.69 Å². The zero-order valence-electron chi connectivity index (χ0n) is 11.7. The van der Waals surface area contributed by atoms with Crippen LogP contribution in [0.2, 0.25) is 10.0 Å². The van der Waals surface area contributed by atoms with E-state index in [1.54, 1.807) is 18.2 Å². The van der Waals surface area contributed by atoms with Crippen molar-refractivity contribution >= 4 is 34.8 Å². The van der Waals surface area contributed by atoms with Crippen LogP contribution >= 0.6 is 23.2 Å². The third kappa shape index (κ3) is 4.11. The van der Waals surface area contributed by atoms with Gasteiger partial charge in [0.2, 0.25) is 5.91 Å². The number of hydrogen-bond donors (Lipinski definition) is 1. The Bertz CT molecular complexity index is 459. The van der Waals surface area contributed by atoms with E-state index in [1.807, 2.05) is 0 Å². The van der Waals surface area contributed by atoms with Gasteiger partial charge in [0.25, 0.3) is 0 Å². The van der Waals surface area contributed by atoms with Gasteiger partial charge in [-0.15, -0.1) is 0 Å². The first-order valence-electron chi connectivity index (χ1n) is 7.06. The van der Waals surface area contributed by atoms with Gasteiger partial charge in [0.1, 0.15) is 0 Å². The van der Waals surface area contributed by atoms with Crippen LogP contribution in [0.1, 0.15) is 32.6 Å². The molecule has 1 aromatic carbocycles. The van der Waals surface area contributed by atoms with E-state index in [1.165, 1.54) is 19.3 Å². The van der Waals surface area contributed by atoms with E-state index in [-0.39, 0.29) is 5.91 Å². The van der Waals surface area contributed by atoms with Crippen LogP contribution < -0.4 is 5.32 Å². The van der Waals surface area contributed by atoms with Crippen LogP contribution in [0.3, 0.4) is 0 Å². The third-order valence-electron chi connectivity index (χ3n) is 3.79. The Morgan fingerprint density at radius 2 is 2.05 bits per heavy atom. The SMILES string of the molecule is CC1CCCCN1CCC(=O)Nc1c(Cl)cccc1Cl. The number of piperidine rings is 1. The van der Waals surface area contributed by atoms with E-state index in [9.17, 15) is 4.79 Å². The van der Waals surface area contributed by atoms with Crippen molar-refractivity contribution in [3.8, 4) is 0 Å². The second kappa shape index (κ2) is 7.30. The van der Waals surface area contributed by atoms with Crippen LogP contribution in [0.15, 0.2) is 18.2 Å². The topological polar surface area (TPSA) is 32.3 Å². The third-order valence-corrected chi connectivity index (χ3v) is 4.42. The van der Waals surface area contributed by atoms with Crippen molar-refractivity contribution in [2.24, 2.45) is 0 Å². The number of halogens is 2. The van der Waals surface area contributed by atoms with Crippen LogP contribution in [0.25, 0.3) is 0 Å². The molecule has 1 aliphatic rings. The molecular formula is C15H20Cl2N2O. The second-order valence-electron chi connectivity index (χ2n) is 5.28. The Balaban J connectivity index is 1.86. The highest BCUT2D eigenvalue weighted by molar-refractivity contribution is 6.39. The molecule has 5 heteroatoms. The van der Waals surface area contributed by atoms with Crippen molar-refractivity contribution in [1.82, 2.24) is 4.90 Å². The molecule has 1 fully saturated rings. The van der Waals surface area contributed by atoms with E-state index >= 15 is 0 Å². The first-order chi connectivity index (χ1) is 9.58. The molecule has 0 aromatic heterocycles. The van der Waals surface area contributed by atoms with Crippen molar-refractivity contribution in [2.45, 2.75) is 38.6 Å². The Kier molecular flexibility index (Phi) is 5.70. The van der Waals surface area contributed by atoms with E-state index < -0.39 is 0 Å². The van der Waals surface area contributed by atoms with Crippen molar-refractivity contribution in [3.05, 3.63) is 28.2 Å². The van der Waals surface area contributed by atoms with E-state index in [2.05, 4.69) is 17.1 Å². The zero-order valence-corrected chi connectivity index (χ0v) is 13.2. The molecule has 2 rings (SSSR count). The predicted octanol–water partition coefficient (Wildman–Crippen LogP) is 4.20. The van der Waals surface area contributed by atoms with E-state index in [4.69, 9.17) is 23.2 Å². The summed E-state index contributed by atoms with van der Waals surface area (Å²) in [5, 5.41) is 3.74. The average Bonchev–Trinajstić information content (AvgIpc) is 2.42. The molecule has 1 aromatic rings. The summed E-state index contributed by atoms with van der Waals surface area (Å²) in [4.78, 5) is 14.4. The largest absolute Gasteiger partial charge is 0.324 e. The second-order valence-corrected chi connectivity index (χ2v) is 6.09. The number of para-hydroxylation sites is 1. The predicted molar refractivity (Wildman–Crippen MR) is 84.6 cm³/mol. The number of benzene rings is 1. The molecular weight excluding hydrogens is 295 g/mol. The number of carbonyl (C=O) groups is 1. The maximum absolute atomic E-state index is 12.0. The highest BCUT2D eigenvalue weighted by Gasteiger charge is 2.19. The van der Waals surface area contributed by atoms with Crippen molar-refractivity contribution in [1.29, 1.82) is 0 Å². The summed E-state index contributed by atoms with van der Waals surface area (Å²) in [6, 6.07) is 5.77. The van der Waals surface area contributed by atoms with Crippen molar-refractivity contribution < 1.29 is 4.79 Å². The smallest absolute Gasteiger partial charge is 0.225 e. The quantitative estimate of drug-likeness (QED) is 0.903. The summed E-state index contributed by atoms with van der Waals surface area (Å²) in [7, 11) is 0. The van der Waals surface area contributed by atoms with Gasteiger partial charge < -0.3 is 10.2 Å². The van der Waals surface area contributed by atoms with Crippen LogP contribution in [-0.2, 0) is 4.79 Å². The lowest BCUT2D eigenvalue weighted by Gasteiger charge is -2.33. The maximum atomic E-state index is 12.0. The molecule has 1 heterocycles. The van der Waals surface area contributed by atoms with Gasteiger partial charge in [-0.05, 0) is 38.4 Å². The van der Waals surface area contributed by atoms with Gasteiger partial charge in [-0.1, -0.05) is 35.7 Å². The van der Waals surface area contributed by atoms with Crippen molar-refractivity contribution in [3.63, 3.8) is 0 Å². The zero-order chi connectivity index (χ0) is 14.5. The summed E-state index contributed by atoms with van der Waals surface area (Å²) >= 11 is 12.1. The van der Waals surface area contributed by atoms with Crippen LogP contribution in [0.5, 0.6) is 0 Å². The molecule has 1 unspecified atom stereocenters. The van der Waals surface area contributed by atoms with Gasteiger partial charge in [-0.2, -0.15) is 0 Å². The van der Waals surface area contributed by atoms with Crippen LogP contribution in [0, 0.1) is 0 Å². The molecule has 20 heavy (non-hydrogen) atoms. The highest BCUT2D eigenvalue weighted by Crippen LogP contribution is 2.29. The summed E-state index contributed by atoms with van der Waals surface area (Å²) in [6.45, 7) is 4.10. The first kappa shape index (κ1) is 15.6. The number of rotatable bonds is 4. The van der Waals surface area contributed by atoms with E-state index in [0.717, 1.165) is 13.1 Å². The summed E-state index contributed by atoms with van der Waals surface area (Å²) < 4.78 is 0. The fourth-order valence-corrected chi connectivity index (χ4v) is 3.05. The summed E-state index contributed by atoms with van der Waals surface area (Å²) in [5.41, 5.74) is 0.507. The Hall–Kier alpha value is -0.770. The lowest BCUT2D eigenvalue weighted by Crippen LogP contribution is -2.39. The Labute approximate surface area is 130 Å². The molecule has 0 spiro atoms. The molecule has 1 saturated heterocycles. The van der Waals surface area contributed by atoms with Gasteiger partial charge in [-0.3, -0.25) is 4.79 Å². The molecule has 1 amide bonds. The van der Waals surface area contributed by atoms with E-state index in [0.29, 0.717) is 28.2 Å². The minimum atomic E-state index is -0.0437. The highest BCUT2D eigenvalue weighted by atomic mass is 35.5. The molecule has 1 atom stereocenters.